The summed E-state index contributed by atoms with van der Waals surface area (Å²) in [6.45, 7) is 3.56. The van der Waals surface area contributed by atoms with Crippen LogP contribution in [0.15, 0.2) is 24.3 Å². The first-order valence-electron chi connectivity index (χ1n) is 6.36. The topological polar surface area (TPSA) is 58.9 Å². The van der Waals surface area contributed by atoms with E-state index in [9.17, 15) is 4.79 Å². The number of epoxide rings is 1. The van der Waals surface area contributed by atoms with Gasteiger partial charge in [-0.25, -0.2) is 0 Å². The van der Waals surface area contributed by atoms with Gasteiger partial charge in [-0.2, -0.15) is 0 Å². The zero-order chi connectivity index (χ0) is 14.3. The van der Waals surface area contributed by atoms with Gasteiger partial charge in [0, 0.05) is 19.3 Å². The van der Waals surface area contributed by atoms with Gasteiger partial charge in [-0.15, -0.1) is 11.6 Å². The van der Waals surface area contributed by atoms with Crippen molar-refractivity contribution in [2.45, 2.75) is 26.0 Å². The molecule has 19 heavy (non-hydrogen) atoms. The van der Waals surface area contributed by atoms with Crippen LogP contribution in [0.4, 0.5) is 5.69 Å². The number of hydrogen-bond donors (Lipinski definition) is 1. The van der Waals surface area contributed by atoms with Crippen LogP contribution in [-0.4, -0.2) is 31.5 Å². The van der Waals surface area contributed by atoms with Crippen LogP contribution in [0.2, 0.25) is 0 Å². The Balaban J connectivity index is 0.000000300. The number of halogens is 1. The van der Waals surface area contributed by atoms with Gasteiger partial charge in [0.1, 0.15) is 5.88 Å². The van der Waals surface area contributed by atoms with E-state index in [2.05, 4.69) is 6.92 Å². The fourth-order valence-corrected chi connectivity index (χ4v) is 1.72. The quantitative estimate of drug-likeness (QED) is 0.681. The molecule has 1 aromatic carbocycles. The van der Waals surface area contributed by atoms with Crippen molar-refractivity contribution in [1.29, 1.82) is 0 Å². The lowest BCUT2D eigenvalue weighted by molar-refractivity contribution is -0.116. The molecular weight excluding hydrogens is 264 g/mol. The Kier molecular flexibility index (Phi) is 6.84. The SMILES string of the molecule is CCC1CO1.CN(C(=O)CCl)c1ccccc1CN. The van der Waals surface area contributed by atoms with E-state index < -0.39 is 0 Å². The molecule has 0 radical (unpaired) electrons. The van der Waals surface area contributed by atoms with Crippen molar-refractivity contribution >= 4 is 23.2 Å². The van der Waals surface area contributed by atoms with Crippen LogP contribution in [0.5, 0.6) is 0 Å². The summed E-state index contributed by atoms with van der Waals surface area (Å²) in [4.78, 5) is 12.9. The van der Waals surface area contributed by atoms with Gasteiger partial charge in [0.25, 0.3) is 0 Å². The van der Waals surface area contributed by atoms with Gasteiger partial charge >= 0.3 is 0 Å². The molecule has 0 spiro atoms. The van der Waals surface area contributed by atoms with Crippen LogP contribution >= 0.6 is 11.6 Å². The third kappa shape index (κ3) is 5.19. The maximum Gasteiger partial charge on any atom is 0.241 e. The van der Waals surface area contributed by atoms with E-state index in [1.165, 1.54) is 11.3 Å². The minimum absolute atomic E-state index is 0.0184. The summed E-state index contributed by atoms with van der Waals surface area (Å²) in [6, 6.07) is 7.51. The number of carbonyl (C=O) groups excluding carboxylic acids is 1. The largest absolute Gasteiger partial charge is 0.373 e. The van der Waals surface area contributed by atoms with E-state index in [1.54, 1.807) is 7.05 Å². The molecule has 0 aliphatic carbocycles. The first-order chi connectivity index (χ1) is 9.13. The molecule has 2 rings (SSSR count). The molecule has 1 aromatic rings. The Morgan fingerprint density at radius 2 is 2.16 bits per heavy atom. The minimum atomic E-state index is -0.132. The molecule has 0 bridgehead atoms. The van der Waals surface area contributed by atoms with Crippen molar-refractivity contribution in [1.82, 2.24) is 0 Å². The molecular formula is C14H21ClN2O2. The Morgan fingerprint density at radius 3 is 2.58 bits per heavy atom. The molecule has 106 valence electrons. The van der Waals surface area contributed by atoms with E-state index >= 15 is 0 Å². The van der Waals surface area contributed by atoms with Crippen molar-refractivity contribution in [3.63, 3.8) is 0 Å². The minimum Gasteiger partial charge on any atom is -0.373 e. The summed E-state index contributed by atoms with van der Waals surface area (Å²) < 4.78 is 4.86. The van der Waals surface area contributed by atoms with Crippen LogP contribution in [0.1, 0.15) is 18.9 Å². The van der Waals surface area contributed by atoms with E-state index in [0.29, 0.717) is 12.6 Å². The van der Waals surface area contributed by atoms with Gasteiger partial charge in [-0.3, -0.25) is 4.79 Å². The van der Waals surface area contributed by atoms with Gasteiger partial charge in [-0.05, 0) is 18.1 Å². The number of anilines is 1. The number of carbonyl (C=O) groups is 1. The number of nitrogens with two attached hydrogens (primary N) is 1. The first kappa shape index (κ1) is 16.0. The second-order valence-corrected chi connectivity index (χ2v) is 4.55. The Hall–Kier alpha value is -1.10. The summed E-state index contributed by atoms with van der Waals surface area (Å²) >= 11 is 5.47. The van der Waals surface area contributed by atoms with Crippen molar-refractivity contribution in [2.24, 2.45) is 5.73 Å². The van der Waals surface area contributed by atoms with Gasteiger partial charge in [-0.1, -0.05) is 25.1 Å². The Morgan fingerprint density at radius 1 is 1.53 bits per heavy atom. The molecule has 1 amide bonds. The molecule has 1 aliphatic heterocycles. The van der Waals surface area contributed by atoms with Crippen LogP contribution in [0.3, 0.4) is 0 Å². The highest BCUT2D eigenvalue weighted by molar-refractivity contribution is 6.29. The fraction of sp³-hybridized carbons (Fsp3) is 0.500. The lowest BCUT2D eigenvalue weighted by Gasteiger charge is -2.18. The van der Waals surface area contributed by atoms with Crippen LogP contribution in [0, 0.1) is 0 Å². The number of nitrogens with zero attached hydrogens (tertiary/aromatic N) is 1. The smallest absolute Gasteiger partial charge is 0.241 e. The number of amides is 1. The lowest BCUT2D eigenvalue weighted by Crippen LogP contribution is -2.28. The van der Waals surface area contributed by atoms with Crippen LogP contribution < -0.4 is 10.6 Å². The average Bonchev–Trinajstić information content (AvgIpc) is 3.30. The monoisotopic (exact) mass is 284 g/mol. The van der Waals surface area contributed by atoms with Gasteiger partial charge in [0.15, 0.2) is 0 Å². The summed E-state index contributed by atoms with van der Waals surface area (Å²) in [7, 11) is 1.69. The van der Waals surface area contributed by atoms with Crippen LogP contribution in [0.25, 0.3) is 0 Å². The molecule has 0 aromatic heterocycles. The number of benzene rings is 1. The molecule has 1 aliphatic rings. The summed E-state index contributed by atoms with van der Waals surface area (Å²) in [5, 5.41) is 0. The molecule has 1 heterocycles. The van der Waals surface area contributed by atoms with Crippen molar-refractivity contribution in [2.75, 3.05) is 24.4 Å². The molecule has 1 unspecified atom stereocenters. The Labute approximate surface area is 119 Å². The fourth-order valence-electron chi connectivity index (χ4n) is 1.54. The van der Waals surface area contributed by atoms with E-state index in [4.69, 9.17) is 22.1 Å². The molecule has 5 heteroatoms. The third-order valence-electron chi connectivity index (χ3n) is 2.92. The number of alkyl halides is 1. The van der Waals surface area contributed by atoms with E-state index in [0.717, 1.165) is 17.9 Å². The maximum atomic E-state index is 11.3. The average molecular weight is 285 g/mol. The number of para-hydroxylation sites is 1. The van der Waals surface area contributed by atoms with Crippen LogP contribution in [-0.2, 0) is 16.1 Å². The second kappa shape index (κ2) is 8.15. The molecule has 2 N–H and O–H groups in total. The van der Waals surface area contributed by atoms with Gasteiger partial charge in [0.05, 0.1) is 12.7 Å². The zero-order valence-corrected chi connectivity index (χ0v) is 12.2. The maximum absolute atomic E-state index is 11.3. The summed E-state index contributed by atoms with van der Waals surface area (Å²) in [6.07, 6.45) is 1.83. The Bertz CT molecular complexity index is 408. The summed E-state index contributed by atoms with van der Waals surface area (Å²) in [5.41, 5.74) is 7.32. The highest BCUT2D eigenvalue weighted by Crippen LogP contribution is 2.18. The third-order valence-corrected chi connectivity index (χ3v) is 3.15. The molecule has 1 saturated heterocycles. The highest BCUT2D eigenvalue weighted by Gasteiger charge is 2.18. The molecule has 1 atom stereocenters. The van der Waals surface area contributed by atoms with Gasteiger partial charge < -0.3 is 15.4 Å². The normalized spacial score (nSPS) is 16.3. The predicted octanol–water partition coefficient (Wildman–Crippen LogP) is 2.14. The van der Waals surface area contributed by atoms with E-state index in [-0.39, 0.29) is 11.8 Å². The van der Waals surface area contributed by atoms with Crippen molar-refractivity contribution in [3.8, 4) is 0 Å². The van der Waals surface area contributed by atoms with Crippen molar-refractivity contribution in [3.05, 3.63) is 29.8 Å². The lowest BCUT2D eigenvalue weighted by atomic mass is 10.1. The number of rotatable bonds is 4. The van der Waals surface area contributed by atoms with E-state index in [1.807, 2.05) is 24.3 Å². The zero-order valence-electron chi connectivity index (χ0n) is 11.4. The molecule has 4 nitrogen and oxygen atoms in total. The first-order valence-corrected chi connectivity index (χ1v) is 6.89. The van der Waals surface area contributed by atoms with Gasteiger partial charge in [0.2, 0.25) is 5.91 Å². The number of hydrogen-bond acceptors (Lipinski definition) is 3. The van der Waals surface area contributed by atoms with Crippen molar-refractivity contribution < 1.29 is 9.53 Å². The standard InChI is InChI=1S/C10H13ClN2O.C4H8O/c1-13(10(14)6-11)9-5-3-2-4-8(9)7-12;1-2-4-3-5-4/h2-5H,6-7,12H2,1H3;4H,2-3H2,1H3. The second-order valence-electron chi connectivity index (χ2n) is 4.28. The predicted molar refractivity (Wildman–Crippen MR) is 78.5 cm³/mol. The number of ether oxygens (including phenoxy) is 1. The molecule has 1 fully saturated rings. The highest BCUT2D eigenvalue weighted by atomic mass is 35.5. The molecule has 0 saturated carbocycles. The summed E-state index contributed by atoms with van der Waals surface area (Å²) in [5.74, 6) is -0.150.